The average Bonchev–Trinajstić information content (AvgIpc) is 3.09. The van der Waals surface area contributed by atoms with E-state index in [4.69, 9.17) is 9.47 Å². The Hall–Kier alpha value is -3.43. The number of ether oxygens (including phenoxy) is 2. The first kappa shape index (κ1) is 45.7. The largest absolute Gasteiger partial charge is 0.394 e. The average molecular weight is 730 g/mol. The summed E-state index contributed by atoms with van der Waals surface area (Å²) in [4.78, 5) is 4.58. The van der Waals surface area contributed by atoms with Gasteiger partial charge in [0.1, 0.15) is 24.4 Å². The molecule has 1 heterocycles. The van der Waals surface area contributed by atoms with Crippen LogP contribution in [0.2, 0.25) is 0 Å². The summed E-state index contributed by atoms with van der Waals surface area (Å²) in [5.41, 5.74) is 9.38. The lowest BCUT2D eigenvalue weighted by atomic mass is 9.96. The number of aliphatic hydroxyl groups is 4. The molecule has 0 amide bonds. The standard InChI is InChI=1S/C46H67NO6/c1-32(15-11-17-33(2)21-14-28-46(9,10)53-45-44(51)43(50)42(49)41(31-48)52-45)16-12-19-35(4)26-29-47-30-27-36(5)20-13-18-34(3)22-25-40-38(7)24-23-37(6)39(40)8/h11-13,15-20,22-25,27,30,35,41-45,48-51H,14,21,26,28-29,31H2,1-10H3/b15-11+,19-12+,20-13+,25-22+,32-16+,33-17+,34-18+,36-27+,47-30?/t35?,41-,42-,43?,44?,45+/m1/s1. The van der Waals surface area contributed by atoms with E-state index in [1.165, 1.54) is 33.4 Å². The Morgan fingerprint density at radius 2 is 1.47 bits per heavy atom. The molecule has 1 aromatic rings. The maximum absolute atomic E-state index is 10.3. The third-order valence-electron chi connectivity index (χ3n) is 9.56. The molecule has 0 spiro atoms. The lowest BCUT2D eigenvalue weighted by Crippen LogP contribution is -2.60. The van der Waals surface area contributed by atoms with Crippen LogP contribution in [-0.2, 0) is 9.47 Å². The fourth-order valence-corrected chi connectivity index (χ4v) is 5.76. The second-order valence-corrected chi connectivity index (χ2v) is 15.2. The van der Waals surface area contributed by atoms with Gasteiger partial charge in [0.05, 0.1) is 12.2 Å². The summed E-state index contributed by atoms with van der Waals surface area (Å²) in [6.45, 7) is 21.2. The number of rotatable bonds is 19. The van der Waals surface area contributed by atoms with E-state index in [0.717, 1.165) is 37.0 Å². The summed E-state index contributed by atoms with van der Waals surface area (Å²) in [7, 11) is 0. The molecule has 7 heteroatoms. The van der Waals surface area contributed by atoms with Gasteiger partial charge in [-0.3, -0.25) is 4.99 Å². The summed E-state index contributed by atoms with van der Waals surface area (Å²) in [6.07, 6.45) is 24.5. The molecule has 0 radical (unpaired) electrons. The number of aryl methyl sites for hydroxylation is 2. The molecule has 1 fully saturated rings. The van der Waals surface area contributed by atoms with Gasteiger partial charge in [0.2, 0.25) is 0 Å². The van der Waals surface area contributed by atoms with Crippen molar-refractivity contribution in [3.63, 3.8) is 0 Å². The van der Waals surface area contributed by atoms with Crippen LogP contribution in [0.1, 0.15) is 96.4 Å². The molecule has 7 nitrogen and oxygen atoms in total. The molecule has 0 bridgehead atoms. The highest BCUT2D eigenvalue weighted by atomic mass is 16.7. The van der Waals surface area contributed by atoms with E-state index in [2.05, 4.69) is 139 Å². The Morgan fingerprint density at radius 3 is 2.17 bits per heavy atom. The number of hydrogen-bond acceptors (Lipinski definition) is 7. The second kappa shape index (κ2) is 23.4. The minimum atomic E-state index is -1.45. The molecule has 292 valence electrons. The Labute approximate surface area is 320 Å². The summed E-state index contributed by atoms with van der Waals surface area (Å²) in [5.74, 6) is 0.426. The summed E-state index contributed by atoms with van der Waals surface area (Å²) in [6, 6.07) is 4.36. The molecule has 1 aliphatic heterocycles. The van der Waals surface area contributed by atoms with Crippen LogP contribution in [0.4, 0.5) is 0 Å². The molecular formula is C46H67NO6. The van der Waals surface area contributed by atoms with Crippen LogP contribution in [0, 0.1) is 26.7 Å². The van der Waals surface area contributed by atoms with Crippen LogP contribution in [0.15, 0.2) is 106 Å². The number of nitrogens with zero attached hydrogens (tertiary/aromatic N) is 1. The van der Waals surface area contributed by atoms with Gasteiger partial charge in [-0.2, -0.15) is 0 Å². The molecule has 3 unspecified atom stereocenters. The van der Waals surface area contributed by atoms with Gasteiger partial charge in [-0.25, -0.2) is 0 Å². The lowest BCUT2D eigenvalue weighted by molar-refractivity contribution is -0.323. The van der Waals surface area contributed by atoms with Crippen molar-refractivity contribution in [2.24, 2.45) is 10.9 Å². The van der Waals surface area contributed by atoms with E-state index in [9.17, 15) is 20.4 Å². The van der Waals surface area contributed by atoms with E-state index in [1.807, 2.05) is 26.1 Å². The Kier molecular flexibility index (Phi) is 20.2. The first-order chi connectivity index (χ1) is 25.0. The highest BCUT2D eigenvalue weighted by Gasteiger charge is 2.45. The van der Waals surface area contributed by atoms with Crippen molar-refractivity contribution >= 4 is 12.3 Å². The predicted octanol–water partition coefficient (Wildman–Crippen LogP) is 8.94. The summed E-state index contributed by atoms with van der Waals surface area (Å²) < 4.78 is 11.5. The molecule has 1 aromatic carbocycles. The fourth-order valence-electron chi connectivity index (χ4n) is 5.76. The molecule has 0 saturated carbocycles. The third kappa shape index (κ3) is 17.1. The second-order valence-electron chi connectivity index (χ2n) is 15.2. The van der Waals surface area contributed by atoms with Crippen molar-refractivity contribution in [1.82, 2.24) is 0 Å². The number of benzene rings is 1. The van der Waals surface area contributed by atoms with Crippen molar-refractivity contribution in [3.8, 4) is 0 Å². The number of aliphatic hydroxyl groups excluding tert-OH is 4. The number of hydrogen-bond donors (Lipinski definition) is 4. The van der Waals surface area contributed by atoms with Gasteiger partial charge in [0, 0.05) is 12.8 Å². The van der Waals surface area contributed by atoms with Gasteiger partial charge in [-0.05, 0) is 128 Å². The highest BCUT2D eigenvalue weighted by molar-refractivity contribution is 5.72. The zero-order valence-corrected chi connectivity index (χ0v) is 33.9. The van der Waals surface area contributed by atoms with Gasteiger partial charge < -0.3 is 29.9 Å². The number of allylic oxidation sites excluding steroid dienone is 15. The van der Waals surface area contributed by atoms with Crippen LogP contribution in [0.5, 0.6) is 0 Å². The molecule has 6 atom stereocenters. The van der Waals surface area contributed by atoms with Crippen LogP contribution >= 0.6 is 0 Å². The van der Waals surface area contributed by atoms with Crippen LogP contribution in [0.25, 0.3) is 6.08 Å². The lowest BCUT2D eigenvalue weighted by Gasteiger charge is -2.42. The first-order valence-electron chi connectivity index (χ1n) is 19.0. The van der Waals surface area contributed by atoms with E-state index in [-0.39, 0.29) is 0 Å². The van der Waals surface area contributed by atoms with E-state index < -0.39 is 42.9 Å². The van der Waals surface area contributed by atoms with Crippen LogP contribution < -0.4 is 0 Å². The van der Waals surface area contributed by atoms with Crippen molar-refractivity contribution in [3.05, 3.63) is 124 Å². The quantitative estimate of drug-likeness (QED) is 0.0836. The van der Waals surface area contributed by atoms with Crippen molar-refractivity contribution in [2.45, 2.75) is 131 Å². The fraction of sp³-hybridized carbons (Fsp3) is 0.500. The summed E-state index contributed by atoms with van der Waals surface area (Å²) in [5, 5.41) is 39.7. The zero-order valence-electron chi connectivity index (χ0n) is 33.9. The normalized spacial score (nSPS) is 23.5. The van der Waals surface area contributed by atoms with Crippen LogP contribution in [0.3, 0.4) is 0 Å². The number of aliphatic imine (C=N–C) groups is 1. The molecule has 1 aliphatic rings. The molecule has 2 rings (SSSR count). The molecule has 0 aliphatic carbocycles. The first-order valence-corrected chi connectivity index (χ1v) is 19.0. The van der Waals surface area contributed by atoms with Gasteiger partial charge in [0.25, 0.3) is 0 Å². The van der Waals surface area contributed by atoms with Gasteiger partial charge in [-0.15, -0.1) is 0 Å². The minimum absolute atomic E-state index is 0.426. The van der Waals surface area contributed by atoms with Crippen molar-refractivity contribution in [2.75, 3.05) is 13.2 Å². The van der Waals surface area contributed by atoms with Gasteiger partial charge >= 0.3 is 0 Å². The van der Waals surface area contributed by atoms with Crippen LogP contribution in [-0.4, -0.2) is 76.1 Å². The monoisotopic (exact) mass is 729 g/mol. The van der Waals surface area contributed by atoms with Crippen molar-refractivity contribution in [1.29, 1.82) is 0 Å². The van der Waals surface area contributed by atoms with Gasteiger partial charge in [0.15, 0.2) is 6.29 Å². The maximum atomic E-state index is 10.3. The molecule has 4 N–H and O–H groups in total. The van der Waals surface area contributed by atoms with Crippen molar-refractivity contribution < 1.29 is 29.9 Å². The smallest absolute Gasteiger partial charge is 0.187 e. The van der Waals surface area contributed by atoms with E-state index in [0.29, 0.717) is 12.3 Å². The molecular weight excluding hydrogens is 663 g/mol. The van der Waals surface area contributed by atoms with E-state index >= 15 is 0 Å². The SMILES string of the molecule is CC(/C=C/C=C(C)/C=C/c1c(C)ccc(C)c1C)=C\C=NCCC(C)/C=C/C=C(C)/C=C/C=C(\C)CCCC(C)(C)O[C@@H]1O[C@H](CO)[C@@H](O)C(O)C1O. The molecule has 53 heavy (non-hydrogen) atoms. The third-order valence-corrected chi connectivity index (χ3v) is 9.56. The molecule has 1 saturated heterocycles. The minimum Gasteiger partial charge on any atom is -0.394 e. The summed E-state index contributed by atoms with van der Waals surface area (Å²) >= 11 is 0. The topological polar surface area (TPSA) is 112 Å². The highest BCUT2D eigenvalue weighted by Crippen LogP contribution is 2.29. The Morgan fingerprint density at radius 1 is 0.849 bits per heavy atom. The van der Waals surface area contributed by atoms with E-state index in [1.54, 1.807) is 0 Å². The zero-order chi connectivity index (χ0) is 39.6. The van der Waals surface area contributed by atoms with Gasteiger partial charge in [-0.1, -0.05) is 103 Å². The maximum Gasteiger partial charge on any atom is 0.187 e. The Bertz CT molecular complexity index is 1570. The predicted molar refractivity (Wildman–Crippen MR) is 222 cm³/mol. The molecule has 0 aromatic heterocycles. The Balaban J connectivity index is 1.71.